The smallest absolute Gasteiger partial charge is 0.301 e. The number of nitrogens with zero attached hydrogens (tertiary/aromatic N) is 3. The lowest BCUT2D eigenvalue weighted by atomic mass is 9.95. The van der Waals surface area contributed by atoms with Crippen LogP contribution in [0, 0.1) is 5.82 Å². The molecule has 5 rings (SSSR count). The van der Waals surface area contributed by atoms with Gasteiger partial charge in [0.05, 0.1) is 18.7 Å². The molecule has 0 radical (unpaired) electrons. The second-order valence-electron chi connectivity index (χ2n) is 8.48. The van der Waals surface area contributed by atoms with Crippen LogP contribution in [-0.2, 0) is 15.3 Å². The number of ether oxygens (including phenoxy) is 1. The number of hydrogen-bond donors (Lipinski definition) is 2. The Morgan fingerprint density at radius 1 is 1.10 bits per heavy atom. The molecule has 0 aliphatic carbocycles. The van der Waals surface area contributed by atoms with E-state index < -0.39 is 29.3 Å². The molecular formula is C27H18Cl2FN3O5S2. The summed E-state index contributed by atoms with van der Waals surface area (Å²) in [4.78, 5) is 27.8. The first kappa shape index (κ1) is 27.9. The standard InChI is InChI=1S/C27H18Cl2FN3O5S2/c1-38-20-10-14(5-9-19(20)34)22-21(23(35)13-3-7-17(30)8-4-13)24(36)25(37)33(22)26-31-32-27(40-26)39-12-15-2-6-16(28)11-18(15)29/h2-11,22,34-35H,12H2,1H3/b23-21-. The van der Waals surface area contributed by atoms with E-state index in [0.717, 1.165) is 33.9 Å². The van der Waals surface area contributed by atoms with Crippen LogP contribution in [0.5, 0.6) is 11.5 Å². The maximum Gasteiger partial charge on any atom is 0.301 e. The highest BCUT2D eigenvalue weighted by Crippen LogP contribution is 2.45. The Morgan fingerprint density at radius 3 is 2.55 bits per heavy atom. The number of methoxy groups -OCH3 is 1. The number of benzene rings is 3. The first-order chi connectivity index (χ1) is 19.2. The van der Waals surface area contributed by atoms with E-state index in [1.54, 1.807) is 18.2 Å². The van der Waals surface area contributed by atoms with Gasteiger partial charge < -0.3 is 14.9 Å². The summed E-state index contributed by atoms with van der Waals surface area (Å²) in [5.74, 6) is -2.53. The molecule has 1 saturated heterocycles. The van der Waals surface area contributed by atoms with Crippen LogP contribution in [0.2, 0.25) is 10.0 Å². The van der Waals surface area contributed by atoms with E-state index >= 15 is 0 Å². The predicted molar refractivity (Wildman–Crippen MR) is 152 cm³/mol. The minimum Gasteiger partial charge on any atom is -0.507 e. The summed E-state index contributed by atoms with van der Waals surface area (Å²) < 4.78 is 19.3. The summed E-state index contributed by atoms with van der Waals surface area (Å²) in [5.41, 5.74) is 1.09. The van der Waals surface area contributed by atoms with Crippen LogP contribution < -0.4 is 9.64 Å². The number of rotatable bonds is 7. The number of ketones is 1. The Bertz CT molecular complexity index is 1660. The fourth-order valence-electron chi connectivity index (χ4n) is 4.11. The predicted octanol–water partition coefficient (Wildman–Crippen LogP) is 6.62. The normalized spacial score (nSPS) is 16.5. The average molecular weight is 618 g/mol. The largest absolute Gasteiger partial charge is 0.507 e. The van der Waals surface area contributed by atoms with E-state index in [9.17, 15) is 24.2 Å². The number of carbonyl (C=O) groups is 2. The van der Waals surface area contributed by atoms with Crippen molar-refractivity contribution in [1.29, 1.82) is 0 Å². The molecule has 1 aliphatic heterocycles. The summed E-state index contributed by atoms with van der Waals surface area (Å²) >= 11 is 14.6. The van der Waals surface area contributed by atoms with Gasteiger partial charge in [0.25, 0.3) is 5.78 Å². The molecular weight excluding hydrogens is 600 g/mol. The maximum atomic E-state index is 13.5. The first-order valence-electron chi connectivity index (χ1n) is 11.5. The summed E-state index contributed by atoms with van der Waals surface area (Å²) in [6.45, 7) is 0. The van der Waals surface area contributed by atoms with E-state index in [0.29, 0.717) is 25.7 Å². The van der Waals surface area contributed by atoms with Crippen molar-refractivity contribution in [3.05, 3.63) is 98.8 Å². The Hall–Kier alpha value is -3.64. The number of aromatic nitrogens is 2. The Balaban J connectivity index is 1.56. The minimum atomic E-state index is -1.14. The van der Waals surface area contributed by atoms with Gasteiger partial charge in [-0.1, -0.05) is 58.4 Å². The second kappa shape index (κ2) is 11.5. The average Bonchev–Trinajstić information content (AvgIpc) is 3.50. The summed E-state index contributed by atoms with van der Waals surface area (Å²) in [7, 11) is 1.36. The van der Waals surface area contributed by atoms with E-state index in [1.165, 1.54) is 49.2 Å². The number of hydrogen-bond acceptors (Lipinski definition) is 9. The van der Waals surface area contributed by atoms with Gasteiger partial charge in [0.2, 0.25) is 5.13 Å². The van der Waals surface area contributed by atoms with Crippen molar-refractivity contribution in [3.8, 4) is 11.5 Å². The molecule has 0 saturated carbocycles. The highest BCUT2D eigenvalue weighted by molar-refractivity contribution is 8.00. The minimum absolute atomic E-state index is 0.0956. The van der Waals surface area contributed by atoms with Gasteiger partial charge in [-0.05, 0) is 59.7 Å². The molecule has 13 heteroatoms. The Labute approximate surface area is 245 Å². The summed E-state index contributed by atoms with van der Waals surface area (Å²) in [6, 6.07) is 13.2. The number of phenolic OH excluding ortho intramolecular Hbond substituents is 1. The van der Waals surface area contributed by atoms with Gasteiger partial charge in [-0.15, -0.1) is 10.2 Å². The SMILES string of the molecule is COc1cc(C2/C(=C(/O)c3ccc(F)cc3)C(=O)C(=O)N2c2nnc(SCc3ccc(Cl)cc3Cl)s2)ccc1O. The van der Waals surface area contributed by atoms with Crippen LogP contribution in [-0.4, -0.2) is 39.2 Å². The van der Waals surface area contributed by atoms with Crippen molar-refractivity contribution < 1.29 is 28.9 Å². The third-order valence-electron chi connectivity index (χ3n) is 6.05. The lowest BCUT2D eigenvalue weighted by molar-refractivity contribution is -0.132. The summed E-state index contributed by atoms with van der Waals surface area (Å²) in [6.07, 6.45) is 0. The number of thioether (sulfide) groups is 1. The number of Topliss-reactive ketones (excluding diaryl/α,β-unsaturated/α-hetero) is 1. The molecule has 1 atom stereocenters. The van der Waals surface area contributed by atoms with Crippen molar-refractivity contribution in [2.45, 2.75) is 16.1 Å². The zero-order valence-electron chi connectivity index (χ0n) is 20.5. The van der Waals surface area contributed by atoms with Gasteiger partial charge in [-0.2, -0.15) is 0 Å². The molecule has 40 heavy (non-hydrogen) atoms. The lowest BCUT2D eigenvalue weighted by Crippen LogP contribution is -2.29. The van der Waals surface area contributed by atoms with Crippen LogP contribution in [0.4, 0.5) is 9.52 Å². The number of carbonyl (C=O) groups excluding carboxylic acids is 2. The van der Waals surface area contributed by atoms with Crippen molar-refractivity contribution >= 4 is 68.9 Å². The number of amides is 1. The molecule has 0 bridgehead atoms. The Kier molecular flexibility index (Phi) is 7.99. The third-order valence-corrected chi connectivity index (χ3v) is 8.74. The zero-order chi connectivity index (χ0) is 28.6. The summed E-state index contributed by atoms with van der Waals surface area (Å²) in [5, 5.41) is 30.7. The fourth-order valence-corrected chi connectivity index (χ4v) is 6.54. The van der Waals surface area contributed by atoms with Crippen LogP contribution in [0.1, 0.15) is 22.7 Å². The molecule has 2 N–H and O–H groups in total. The number of aliphatic hydroxyl groups is 1. The number of aromatic hydroxyl groups is 1. The fraction of sp³-hybridized carbons (Fsp3) is 0.111. The first-order valence-corrected chi connectivity index (χ1v) is 14.1. The molecule has 1 amide bonds. The van der Waals surface area contributed by atoms with Gasteiger partial charge in [-0.25, -0.2) is 4.39 Å². The monoisotopic (exact) mass is 617 g/mol. The quantitative estimate of drug-likeness (QED) is 0.0782. The maximum absolute atomic E-state index is 13.5. The molecule has 4 aromatic rings. The zero-order valence-corrected chi connectivity index (χ0v) is 23.6. The van der Waals surface area contributed by atoms with Crippen molar-refractivity contribution in [3.63, 3.8) is 0 Å². The molecule has 1 fully saturated rings. The molecule has 0 spiro atoms. The highest BCUT2D eigenvalue weighted by Gasteiger charge is 2.48. The van der Waals surface area contributed by atoms with Crippen molar-refractivity contribution in [2.75, 3.05) is 12.0 Å². The molecule has 8 nitrogen and oxygen atoms in total. The van der Waals surface area contributed by atoms with E-state index in [2.05, 4.69) is 10.2 Å². The number of aliphatic hydroxyl groups excluding tert-OH is 1. The van der Waals surface area contributed by atoms with Crippen LogP contribution in [0.3, 0.4) is 0 Å². The lowest BCUT2D eigenvalue weighted by Gasteiger charge is -2.23. The molecule has 1 unspecified atom stereocenters. The van der Waals surface area contributed by atoms with Crippen LogP contribution in [0.15, 0.2) is 70.6 Å². The van der Waals surface area contributed by atoms with Gasteiger partial charge in [0.15, 0.2) is 15.8 Å². The topological polar surface area (TPSA) is 113 Å². The highest BCUT2D eigenvalue weighted by atomic mass is 35.5. The number of phenols is 1. The number of halogens is 3. The van der Waals surface area contributed by atoms with Gasteiger partial charge in [0, 0.05) is 21.4 Å². The van der Waals surface area contributed by atoms with E-state index in [1.807, 2.05) is 0 Å². The van der Waals surface area contributed by atoms with Crippen LogP contribution >= 0.6 is 46.3 Å². The van der Waals surface area contributed by atoms with Gasteiger partial charge in [-0.3, -0.25) is 14.5 Å². The van der Waals surface area contributed by atoms with Crippen molar-refractivity contribution in [1.82, 2.24) is 10.2 Å². The van der Waals surface area contributed by atoms with Crippen LogP contribution in [0.25, 0.3) is 5.76 Å². The Morgan fingerprint density at radius 2 is 1.85 bits per heavy atom. The molecule has 2 heterocycles. The molecule has 1 aliphatic rings. The van der Waals surface area contributed by atoms with Gasteiger partial charge in [0.1, 0.15) is 11.6 Å². The van der Waals surface area contributed by atoms with Crippen molar-refractivity contribution in [2.24, 2.45) is 0 Å². The molecule has 3 aromatic carbocycles. The van der Waals surface area contributed by atoms with E-state index in [4.69, 9.17) is 27.9 Å². The second-order valence-corrected chi connectivity index (χ2v) is 11.5. The molecule has 204 valence electrons. The molecule has 1 aromatic heterocycles. The van der Waals surface area contributed by atoms with Gasteiger partial charge >= 0.3 is 5.91 Å². The number of anilines is 1. The van der Waals surface area contributed by atoms with E-state index in [-0.39, 0.29) is 27.8 Å². The third kappa shape index (κ3) is 5.37.